The van der Waals surface area contributed by atoms with Crippen LogP contribution in [0.5, 0.6) is 0 Å². The molecule has 0 unspecified atom stereocenters. The molecule has 1 aromatic carbocycles. The number of thiazole rings is 1. The standard InChI is InChI=1S/C22H28N4O2S2/c1-4-25-30-19-11-15(12-23)5-10-18(19)20-13-24-21(29-20)16-6-8-17(9-7-16)26-22(27)28-14(2)3/h5,10-11,13-14,16-17,25H,4,6-9H2,1-3H3,(H,26,27). The van der Waals surface area contributed by atoms with Crippen LogP contribution in [-0.4, -0.2) is 29.8 Å². The fraction of sp³-hybridized carbons (Fsp3) is 0.500. The van der Waals surface area contributed by atoms with Gasteiger partial charge in [-0.25, -0.2) is 9.78 Å². The first-order chi connectivity index (χ1) is 14.5. The van der Waals surface area contributed by atoms with E-state index >= 15 is 0 Å². The average Bonchev–Trinajstić information content (AvgIpc) is 3.22. The van der Waals surface area contributed by atoms with E-state index in [0.29, 0.717) is 11.5 Å². The molecule has 6 nitrogen and oxygen atoms in total. The molecule has 0 saturated heterocycles. The number of alkyl carbamates (subject to hydrolysis) is 1. The van der Waals surface area contributed by atoms with Gasteiger partial charge in [0, 0.05) is 35.2 Å². The van der Waals surface area contributed by atoms with Crippen LogP contribution in [0.2, 0.25) is 0 Å². The molecular formula is C22H28N4O2S2. The highest BCUT2D eigenvalue weighted by atomic mass is 32.2. The Labute approximate surface area is 186 Å². The third kappa shape index (κ3) is 5.97. The highest BCUT2D eigenvalue weighted by molar-refractivity contribution is 7.97. The summed E-state index contributed by atoms with van der Waals surface area (Å²) < 4.78 is 8.46. The molecule has 1 heterocycles. The van der Waals surface area contributed by atoms with Crippen LogP contribution in [0.4, 0.5) is 4.79 Å². The Kier molecular flexibility index (Phi) is 8.14. The molecule has 1 saturated carbocycles. The van der Waals surface area contributed by atoms with Crippen LogP contribution in [0.15, 0.2) is 29.3 Å². The first kappa shape index (κ1) is 22.6. The molecule has 1 amide bonds. The number of carbonyl (C=O) groups is 1. The molecule has 1 aromatic heterocycles. The number of rotatable bonds is 7. The van der Waals surface area contributed by atoms with Crippen molar-refractivity contribution in [2.75, 3.05) is 6.54 Å². The Morgan fingerprint density at radius 2 is 2.13 bits per heavy atom. The Morgan fingerprint density at radius 1 is 1.37 bits per heavy atom. The van der Waals surface area contributed by atoms with E-state index in [2.05, 4.69) is 23.0 Å². The summed E-state index contributed by atoms with van der Waals surface area (Å²) in [5.74, 6) is 0.422. The number of carbonyl (C=O) groups excluding carboxylic acids is 1. The van der Waals surface area contributed by atoms with E-state index < -0.39 is 0 Å². The predicted molar refractivity (Wildman–Crippen MR) is 122 cm³/mol. The zero-order valence-corrected chi connectivity index (χ0v) is 19.2. The molecule has 1 aliphatic carbocycles. The first-order valence-corrected chi connectivity index (χ1v) is 12.0. The smallest absolute Gasteiger partial charge is 0.407 e. The lowest BCUT2D eigenvalue weighted by molar-refractivity contribution is 0.109. The van der Waals surface area contributed by atoms with Crippen molar-refractivity contribution in [3.05, 3.63) is 35.0 Å². The molecule has 8 heteroatoms. The van der Waals surface area contributed by atoms with Crippen molar-refractivity contribution in [1.82, 2.24) is 15.0 Å². The molecule has 3 rings (SSSR count). The van der Waals surface area contributed by atoms with E-state index in [4.69, 9.17) is 9.72 Å². The third-order valence-electron chi connectivity index (χ3n) is 4.97. The van der Waals surface area contributed by atoms with Gasteiger partial charge in [0.15, 0.2) is 0 Å². The lowest BCUT2D eigenvalue weighted by Gasteiger charge is -2.28. The molecule has 0 spiro atoms. The van der Waals surface area contributed by atoms with Gasteiger partial charge in [0.1, 0.15) is 0 Å². The average molecular weight is 445 g/mol. The Balaban J connectivity index is 1.65. The number of hydrogen-bond acceptors (Lipinski definition) is 7. The highest BCUT2D eigenvalue weighted by Crippen LogP contribution is 2.40. The molecule has 2 aromatic rings. The first-order valence-electron chi connectivity index (χ1n) is 10.4. The van der Waals surface area contributed by atoms with E-state index in [9.17, 15) is 10.1 Å². The molecule has 30 heavy (non-hydrogen) atoms. The summed E-state index contributed by atoms with van der Waals surface area (Å²) in [5, 5.41) is 13.3. The molecule has 0 aliphatic heterocycles. The lowest BCUT2D eigenvalue weighted by atomic mass is 9.86. The Bertz CT molecular complexity index is 899. The molecule has 160 valence electrons. The van der Waals surface area contributed by atoms with E-state index in [0.717, 1.165) is 52.6 Å². The van der Waals surface area contributed by atoms with Crippen LogP contribution >= 0.6 is 23.3 Å². The Hall–Kier alpha value is -2.08. The summed E-state index contributed by atoms with van der Waals surface area (Å²) in [5.41, 5.74) is 1.76. The molecule has 0 radical (unpaired) electrons. The maximum atomic E-state index is 11.8. The normalized spacial score (nSPS) is 18.8. The van der Waals surface area contributed by atoms with Gasteiger partial charge in [0.2, 0.25) is 0 Å². The summed E-state index contributed by atoms with van der Waals surface area (Å²) in [4.78, 5) is 18.7. The second kappa shape index (κ2) is 10.8. The van der Waals surface area contributed by atoms with E-state index in [-0.39, 0.29) is 18.2 Å². The molecule has 0 bridgehead atoms. The predicted octanol–water partition coefficient (Wildman–Crippen LogP) is 5.46. The SMILES string of the molecule is CCNSc1cc(C#N)ccc1-c1cnc(C2CCC(NC(=O)OC(C)C)CC2)s1. The van der Waals surface area contributed by atoms with Gasteiger partial charge in [0.05, 0.1) is 27.6 Å². The minimum Gasteiger partial charge on any atom is -0.447 e. The van der Waals surface area contributed by atoms with Gasteiger partial charge >= 0.3 is 6.09 Å². The van der Waals surface area contributed by atoms with Crippen molar-refractivity contribution in [1.29, 1.82) is 5.26 Å². The number of aromatic nitrogens is 1. The number of nitriles is 1. The van der Waals surface area contributed by atoms with Crippen molar-refractivity contribution in [3.8, 4) is 16.5 Å². The van der Waals surface area contributed by atoms with Gasteiger partial charge in [-0.05, 0) is 63.6 Å². The highest BCUT2D eigenvalue weighted by Gasteiger charge is 2.26. The fourth-order valence-corrected chi connectivity index (χ4v) is 5.49. The van der Waals surface area contributed by atoms with Crippen LogP contribution < -0.4 is 10.0 Å². The monoisotopic (exact) mass is 444 g/mol. The van der Waals surface area contributed by atoms with E-state index in [1.807, 2.05) is 38.2 Å². The summed E-state index contributed by atoms with van der Waals surface area (Å²) in [6, 6.07) is 8.18. The van der Waals surface area contributed by atoms with Crippen molar-refractivity contribution in [2.24, 2.45) is 0 Å². The molecule has 1 fully saturated rings. The zero-order valence-electron chi connectivity index (χ0n) is 17.6. The summed E-state index contributed by atoms with van der Waals surface area (Å²) in [6.07, 6.45) is 5.40. The second-order valence-electron chi connectivity index (χ2n) is 7.63. The van der Waals surface area contributed by atoms with Crippen LogP contribution in [0.25, 0.3) is 10.4 Å². The topological polar surface area (TPSA) is 87.0 Å². The van der Waals surface area contributed by atoms with Gasteiger partial charge in [-0.3, -0.25) is 4.72 Å². The lowest BCUT2D eigenvalue weighted by Crippen LogP contribution is -2.38. The number of nitrogens with one attached hydrogen (secondary N) is 2. The summed E-state index contributed by atoms with van der Waals surface area (Å²) in [7, 11) is 0. The van der Waals surface area contributed by atoms with Crippen molar-refractivity contribution >= 4 is 29.4 Å². The number of nitrogens with zero attached hydrogens (tertiary/aromatic N) is 2. The quantitative estimate of drug-likeness (QED) is 0.552. The van der Waals surface area contributed by atoms with Crippen LogP contribution in [0, 0.1) is 11.3 Å². The van der Waals surface area contributed by atoms with Crippen molar-refractivity contribution in [3.63, 3.8) is 0 Å². The van der Waals surface area contributed by atoms with Gasteiger partial charge in [0.25, 0.3) is 0 Å². The number of ether oxygens (including phenoxy) is 1. The third-order valence-corrected chi connectivity index (χ3v) is 7.15. The number of amides is 1. The van der Waals surface area contributed by atoms with Gasteiger partial charge < -0.3 is 10.1 Å². The van der Waals surface area contributed by atoms with Crippen LogP contribution in [-0.2, 0) is 4.74 Å². The maximum absolute atomic E-state index is 11.8. The van der Waals surface area contributed by atoms with E-state index in [1.54, 1.807) is 23.3 Å². The van der Waals surface area contributed by atoms with Crippen LogP contribution in [0.3, 0.4) is 0 Å². The maximum Gasteiger partial charge on any atom is 0.407 e. The van der Waals surface area contributed by atoms with Gasteiger partial charge in [-0.1, -0.05) is 13.0 Å². The number of hydrogen-bond donors (Lipinski definition) is 2. The summed E-state index contributed by atoms with van der Waals surface area (Å²) >= 11 is 3.28. The minimum absolute atomic E-state index is 0.104. The van der Waals surface area contributed by atoms with Crippen LogP contribution in [0.1, 0.15) is 62.9 Å². The zero-order chi connectivity index (χ0) is 21.5. The summed E-state index contributed by atoms with van der Waals surface area (Å²) in [6.45, 7) is 6.61. The number of benzene rings is 1. The molecular weight excluding hydrogens is 416 g/mol. The minimum atomic E-state index is -0.323. The molecule has 2 N–H and O–H groups in total. The fourth-order valence-electron chi connectivity index (χ4n) is 3.53. The second-order valence-corrected chi connectivity index (χ2v) is 9.63. The van der Waals surface area contributed by atoms with E-state index in [1.165, 1.54) is 0 Å². The largest absolute Gasteiger partial charge is 0.447 e. The van der Waals surface area contributed by atoms with Crippen molar-refractivity contribution < 1.29 is 9.53 Å². The van der Waals surface area contributed by atoms with Gasteiger partial charge in [-0.15, -0.1) is 11.3 Å². The Morgan fingerprint density at radius 3 is 2.80 bits per heavy atom. The molecule has 0 atom stereocenters. The van der Waals surface area contributed by atoms with Gasteiger partial charge in [-0.2, -0.15) is 5.26 Å². The van der Waals surface area contributed by atoms with Crippen molar-refractivity contribution in [2.45, 2.75) is 69.4 Å². The molecule has 1 aliphatic rings.